The molecule has 1 saturated carbocycles. The summed E-state index contributed by atoms with van der Waals surface area (Å²) in [6.07, 6.45) is 8.18. The predicted molar refractivity (Wildman–Crippen MR) is 151 cm³/mol. The van der Waals surface area contributed by atoms with Crippen molar-refractivity contribution >= 4 is 51.4 Å². The summed E-state index contributed by atoms with van der Waals surface area (Å²) >= 11 is 4.65. The first-order valence-electron chi connectivity index (χ1n) is 11.8. The van der Waals surface area contributed by atoms with E-state index >= 15 is 4.39 Å². The predicted octanol–water partition coefficient (Wildman–Crippen LogP) is 9.86. The molecular weight excluding hydrogens is 668 g/mol. The van der Waals surface area contributed by atoms with Gasteiger partial charge in [0.1, 0.15) is 5.67 Å². The highest BCUT2D eigenvalue weighted by Crippen LogP contribution is 2.61. The van der Waals surface area contributed by atoms with Gasteiger partial charge in [-0.1, -0.05) is 87.2 Å². The van der Waals surface area contributed by atoms with Crippen molar-refractivity contribution in [1.82, 2.24) is 0 Å². The minimum absolute atomic E-state index is 0.113. The smallest absolute Gasteiger partial charge is 0.309 e. The normalized spacial score (nSPS) is 19.6. The monoisotopic (exact) mass is 703 g/mol. The Kier molecular flexibility index (Phi) is 11.6. The summed E-state index contributed by atoms with van der Waals surface area (Å²) in [6.45, 7) is 3.43. The number of hydrogen-bond acceptors (Lipinski definition) is 1. The van der Waals surface area contributed by atoms with Crippen LogP contribution in [-0.2, 0) is 12.1 Å². The largest absolute Gasteiger partial charge is 0.394 e. The van der Waals surface area contributed by atoms with Crippen LogP contribution >= 0.6 is 45.2 Å². The summed E-state index contributed by atoms with van der Waals surface area (Å²) in [5.74, 6) is 0. The van der Waals surface area contributed by atoms with Gasteiger partial charge in [-0.25, -0.2) is 4.39 Å². The zero-order chi connectivity index (χ0) is 25.4. The molecule has 1 aromatic carbocycles. The molecule has 190 valence electrons. The number of allylic oxidation sites excluding steroid dienone is 4. The fourth-order valence-electron chi connectivity index (χ4n) is 4.24. The Morgan fingerprint density at radius 3 is 2.32 bits per heavy atom. The molecule has 2 rings (SSSR count). The molecule has 1 N–H and O–H groups in total. The van der Waals surface area contributed by atoms with Crippen molar-refractivity contribution in [2.75, 3.05) is 0 Å². The van der Waals surface area contributed by atoms with Crippen LogP contribution < -0.4 is 0 Å². The van der Waals surface area contributed by atoms with Crippen molar-refractivity contribution in [2.45, 2.75) is 91.3 Å². The van der Waals surface area contributed by atoms with Gasteiger partial charge in [-0.3, -0.25) is 0 Å². The lowest BCUT2D eigenvalue weighted by Gasteiger charge is -2.24. The van der Waals surface area contributed by atoms with Crippen molar-refractivity contribution in [1.29, 1.82) is 5.41 Å². The lowest BCUT2D eigenvalue weighted by molar-refractivity contribution is -0.186. The molecule has 7 heteroatoms. The number of halogens is 6. The molecule has 0 aliphatic heterocycles. The standard InChI is InChI=1S/C27H35F4I2N/c1-20(18-26(15-16-26)27(29,30)31)6-3-4-7-24(33)19-25(2,28)22-12-9-21(10-13-22)11-14-23(32)8-5-17-34/h5-6,8-10,12-13,17,23-24,34H,3-4,7,11,14-16,18-19H2,1-2H3/b8-5-,20-6+,34-17?. The van der Waals surface area contributed by atoms with Crippen molar-refractivity contribution in [2.24, 2.45) is 5.41 Å². The van der Waals surface area contributed by atoms with Gasteiger partial charge in [-0.2, -0.15) is 13.2 Å². The van der Waals surface area contributed by atoms with E-state index in [1.165, 1.54) is 11.8 Å². The van der Waals surface area contributed by atoms with Gasteiger partial charge in [0.15, 0.2) is 0 Å². The van der Waals surface area contributed by atoms with Crippen molar-refractivity contribution in [3.63, 3.8) is 0 Å². The fourth-order valence-corrected chi connectivity index (χ4v) is 6.06. The first kappa shape index (κ1) is 29.8. The fraction of sp³-hybridized carbons (Fsp3) is 0.593. The molecule has 0 aromatic heterocycles. The van der Waals surface area contributed by atoms with Gasteiger partial charge in [-0.15, -0.1) is 0 Å². The number of aryl methyl sites for hydroxylation is 1. The van der Waals surface area contributed by atoms with Crippen LogP contribution in [0.4, 0.5) is 17.6 Å². The Morgan fingerprint density at radius 2 is 1.76 bits per heavy atom. The average molecular weight is 703 g/mol. The Morgan fingerprint density at radius 1 is 1.12 bits per heavy atom. The van der Waals surface area contributed by atoms with Crippen LogP contribution in [0.5, 0.6) is 0 Å². The Hall–Kier alpha value is -0.450. The second kappa shape index (κ2) is 13.2. The van der Waals surface area contributed by atoms with E-state index in [9.17, 15) is 13.2 Å². The number of nitrogens with one attached hydrogen (secondary N) is 1. The molecule has 1 aliphatic carbocycles. The molecule has 3 atom stereocenters. The third-order valence-electron chi connectivity index (χ3n) is 6.57. The first-order valence-corrected chi connectivity index (χ1v) is 14.3. The Labute approximate surface area is 229 Å². The van der Waals surface area contributed by atoms with Gasteiger partial charge in [0.05, 0.1) is 5.41 Å². The van der Waals surface area contributed by atoms with Crippen LogP contribution in [0.3, 0.4) is 0 Å². The molecule has 0 heterocycles. The molecule has 1 nitrogen and oxygen atoms in total. The zero-order valence-corrected chi connectivity index (χ0v) is 24.2. The topological polar surface area (TPSA) is 23.9 Å². The summed E-state index contributed by atoms with van der Waals surface area (Å²) in [5.41, 5.74) is -0.211. The first-order chi connectivity index (χ1) is 15.9. The van der Waals surface area contributed by atoms with Gasteiger partial charge in [-0.05, 0) is 88.8 Å². The van der Waals surface area contributed by atoms with E-state index in [1.54, 1.807) is 19.9 Å². The lowest BCUT2D eigenvalue weighted by atomic mass is 9.90. The van der Waals surface area contributed by atoms with Crippen molar-refractivity contribution in [3.05, 3.63) is 59.2 Å². The maximum Gasteiger partial charge on any atom is 0.394 e. The van der Waals surface area contributed by atoms with E-state index in [-0.39, 0.29) is 23.2 Å². The van der Waals surface area contributed by atoms with E-state index in [4.69, 9.17) is 5.41 Å². The van der Waals surface area contributed by atoms with Crippen LogP contribution in [0.1, 0.15) is 76.3 Å². The van der Waals surface area contributed by atoms with Gasteiger partial charge < -0.3 is 5.41 Å². The molecule has 3 unspecified atom stereocenters. The summed E-state index contributed by atoms with van der Waals surface area (Å²) in [7, 11) is 0. The van der Waals surface area contributed by atoms with Gasteiger partial charge in [0.25, 0.3) is 0 Å². The van der Waals surface area contributed by atoms with Gasteiger partial charge in [0.2, 0.25) is 0 Å². The number of unbranched alkanes of at least 4 members (excludes halogenated alkanes) is 1. The summed E-state index contributed by atoms with van der Waals surface area (Å²) in [5, 5.41) is 7.05. The lowest BCUT2D eigenvalue weighted by Crippen LogP contribution is -2.24. The van der Waals surface area contributed by atoms with Gasteiger partial charge >= 0.3 is 6.18 Å². The maximum atomic E-state index is 15.4. The third kappa shape index (κ3) is 9.54. The van der Waals surface area contributed by atoms with Crippen LogP contribution in [0.15, 0.2) is 48.1 Å². The second-order valence-electron chi connectivity index (χ2n) is 9.74. The molecule has 0 radical (unpaired) electrons. The number of hydrogen-bond donors (Lipinski definition) is 1. The summed E-state index contributed by atoms with van der Waals surface area (Å²) in [4.78, 5) is 0. The van der Waals surface area contributed by atoms with E-state index in [2.05, 4.69) is 45.2 Å². The zero-order valence-electron chi connectivity index (χ0n) is 19.9. The number of rotatable bonds is 14. The molecule has 0 saturated heterocycles. The minimum atomic E-state index is -4.10. The van der Waals surface area contributed by atoms with Crippen LogP contribution in [-0.4, -0.2) is 20.2 Å². The third-order valence-corrected chi connectivity index (χ3v) is 8.67. The number of benzene rings is 1. The molecule has 1 aromatic rings. The van der Waals surface area contributed by atoms with Crippen molar-refractivity contribution < 1.29 is 17.6 Å². The Bertz CT molecular complexity index is 839. The van der Waals surface area contributed by atoms with Crippen LogP contribution in [0.25, 0.3) is 0 Å². The number of alkyl halides is 6. The van der Waals surface area contributed by atoms with Crippen LogP contribution in [0, 0.1) is 10.8 Å². The highest BCUT2D eigenvalue weighted by Gasteiger charge is 2.62. The molecule has 0 spiro atoms. The minimum Gasteiger partial charge on any atom is -0.309 e. The summed E-state index contributed by atoms with van der Waals surface area (Å²) in [6, 6.07) is 7.77. The highest BCUT2D eigenvalue weighted by atomic mass is 127. The van der Waals surface area contributed by atoms with E-state index in [0.29, 0.717) is 15.9 Å². The quantitative estimate of drug-likeness (QED) is 0.0499. The highest BCUT2D eigenvalue weighted by molar-refractivity contribution is 14.1. The molecule has 1 fully saturated rings. The van der Waals surface area contributed by atoms with Gasteiger partial charge in [0, 0.05) is 14.1 Å². The maximum absolute atomic E-state index is 15.4. The Balaban J connectivity index is 1.76. The van der Waals surface area contributed by atoms with E-state index in [1.807, 2.05) is 36.4 Å². The molecular formula is C27H35F4I2N. The molecule has 0 amide bonds. The summed E-state index contributed by atoms with van der Waals surface area (Å²) < 4.78 is 55.3. The van der Waals surface area contributed by atoms with E-state index in [0.717, 1.165) is 37.7 Å². The van der Waals surface area contributed by atoms with Crippen LogP contribution in [0.2, 0.25) is 0 Å². The SMILES string of the molecule is C/C(=C\CCCC(I)CC(C)(F)c1ccc(CCC(I)/C=C\C=N)cc1)CC1(C(F)(F)F)CC1. The molecule has 0 bridgehead atoms. The average Bonchev–Trinajstić information content (AvgIpc) is 3.54. The van der Waals surface area contributed by atoms with Crippen molar-refractivity contribution in [3.8, 4) is 0 Å². The second-order valence-corrected chi connectivity index (χ2v) is 13.1. The van der Waals surface area contributed by atoms with E-state index < -0.39 is 17.3 Å². The molecule has 1 aliphatic rings. The molecule has 34 heavy (non-hydrogen) atoms.